The first-order valence-electron chi connectivity index (χ1n) is 6.21. The zero-order valence-corrected chi connectivity index (χ0v) is 11.3. The van der Waals surface area contributed by atoms with E-state index < -0.39 is 11.9 Å². The highest BCUT2D eigenvalue weighted by Crippen LogP contribution is 2.19. The molecule has 0 atom stereocenters. The van der Waals surface area contributed by atoms with Crippen molar-refractivity contribution in [3.05, 3.63) is 65.7 Å². The number of carbonyl (C=O) groups is 3. The highest BCUT2D eigenvalue weighted by molar-refractivity contribution is 6.37. The molecule has 1 amide bonds. The number of benzene rings is 2. The third-order valence-electron chi connectivity index (χ3n) is 2.83. The highest BCUT2D eigenvalue weighted by Gasteiger charge is 2.18. The van der Waals surface area contributed by atoms with Gasteiger partial charge in [0.15, 0.2) is 5.78 Å². The van der Waals surface area contributed by atoms with E-state index in [1.165, 1.54) is 0 Å². The number of para-hydroxylation sites is 1. The maximum absolute atomic E-state index is 12.4. The van der Waals surface area contributed by atoms with Crippen molar-refractivity contribution in [2.45, 2.75) is 0 Å². The van der Waals surface area contributed by atoms with Gasteiger partial charge in [-0.05, 0) is 12.1 Å². The van der Waals surface area contributed by atoms with Gasteiger partial charge in [-0.2, -0.15) is 0 Å². The molecule has 0 radical (unpaired) electrons. The Labute approximate surface area is 121 Å². The van der Waals surface area contributed by atoms with Gasteiger partial charge >= 0.3 is 11.9 Å². The predicted octanol–water partition coefficient (Wildman–Crippen LogP) is 2.03. The number of rotatable bonds is 3. The Kier molecular flexibility index (Phi) is 4.46. The van der Waals surface area contributed by atoms with Gasteiger partial charge in [0.1, 0.15) is 0 Å². The maximum atomic E-state index is 12.4. The van der Waals surface area contributed by atoms with Crippen molar-refractivity contribution in [1.82, 2.24) is 0 Å². The van der Waals surface area contributed by atoms with E-state index in [9.17, 15) is 14.4 Å². The van der Waals surface area contributed by atoms with Crippen molar-refractivity contribution < 1.29 is 19.1 Å². The molecular formula is C16H13NO4. The summed E-state index contributed by atoms with van der Waals surface area (Å²) in [6.07, 6.45) is 0. The third kappa shape index (κ3) is 3.33. The molecule has 106 valence electrons. The fourth-order valence-corrected chi connectivity index (χ4v) is 1.80. The van der Waals surface area contributed by atoms with Crippen LogP contribution in [0.4, 0.5) is 5.69 Å². The molecule has 2 aromatic rings. The van der Waals surface area contributed by atoms with E-state index in [4.69, 9.17) is 0 Å². The van der Waals surface area contributed by atoms with Crippen LogP contribution in [0, 0.1) is 0 Å². The lowest BCUT2D eigenvalue weighted by molar-refractivity contribution is -0.150. The van der Waals surface area contributed by atoms with Gasteiger partial charge in [0.25, 0.3) is 0 Å². The SMILES string of the molecule is COC(=O)C(=O)Nc1ccccc1C(=O)c1ccccc1. The lowest BCUT2D eigenvalue weighted by Crippen LogP contribution is -2.25. The first kappa shape index (κ1) is 14.5. The Morgan fingerprint density at radius 3 is 2.19 bits per heavy atom. The summed E-state index contributed by atoms with van der Waals surface area (Å²) in [5.41, 5.74) is 1.07. The summed E-state index contributed by atoms with van der Waals surface area (Å²) in [6, 6.07) is 15.2. The van der Waals surface area contributed by atoms with Gasteiger partial charge in [-0.1, -0.05) is 42.5 Å². The molecule has 0 aromatic heterocycles. The van der Waals surface area contributed by atoms with Crippen LogP contribution in [0.5, 0.6) is 0 Å². The minimum Gasteiger partial charge on any atom is -0.462 e. The molecule has 1 N–H and O–H groups in total. The molecule has 0 aliphatic carbocycles. The second-order valence-corrected chi connectivity index (χ2v) is 4.19. The molecule has 0 unspecified atom stereocenters. The number of anilines is 1. The van der Waals surface area contributed by atoms with Crippen molar-refractivity contribution in [1.29, 1.82) is 0 Å². The number of ketones is 1. The number of carbonyl (C=O) groups excluding carboxylic acids is 3. The molecule has 0 aliphatic rings. The Hall–Kier alpha value is -2.95. The van der Waals surface area contributed by atoms with E-state index in [-0.39, 0.29) is 11.5 Å². The summed E-state index contributed by atoms with van der Waals surface area (Å²) in [5.74, 6) is -2.18. The van der Waals surface area contributed by atoms with Gasteiger partial charge in [0.05, 0.1) is 12.8 Å². The molecular weight excluding hydrogens is 270 g/mol. The first-order valence-corrected chi connectivity index (χ1v) is 6.21. The maximum Gasteiger partial charge on any atom is 0.396 e. The van der Waals surface area contributed by atoms with Gasteiger partial charge in [-0.3, -0.25) is 9.59 Å². The van der Waals surface area contributed by atoms with E-state index >= 15 is 0 Å². The Morgan fingerprint density at radius 2 is 1.52 bits per heavy atom. The first-order chi connectivity index (χ1) is 10.1. The van der Waals surface area contributed by atoms with Crippen molar-refractivity contribution in [3.8, 4) is 0 Å². The molecule has 2 rings (SSSR count). The number of nitrogens with one attached hydrogen (secondary N) is 1. The molecule has 0 aliphatic heterocycles. The molecule has 0 fully saturated rings. The van der Waals surface area contributed by atoms with E-state index in [0.717, 1.165) is 7.11 Å². The number of amides is 1. The third-order valence-corrected chi connectivity index (χ3v) is 2.83. The van der Waals surface area contributed by atoms with E-state index in [1.54, 1.807) is 48.5 Å². The quantitative estimate of drug-likeness (QED) is 0.531. The summed E-state index contributed by atoms with van der Waals surface area (Å²) in [5, 5.41) is 2.38. The van der Waals surface area contributed by atoms with Crippen LogP contribution in [0.2, 0.25) is 0 Å². The average Bonchev–Trinajstić information content (AvgIpc) is 2.54. The van der Waals surface area contributed by atoms with Crippen molar-refractivity contribution in [2.75, 3.05) is 12.4 Å². The second-order valence-electron chi connectivity index (χ2n) is 4.19. The van der Waals surface area contributed by atoms with Crippen LogP contribution in [0.25, 0.3) is 0 Å². The van der Waals surface area contributed by atoms with Crippen molar-refractivity contribution >= 4 is 23.3 Å². The zero-order valence-electron chi connectivity index (χ0n) is 11.3. The molecule has 0 saturated carbocycles. The topological polar surface area (TPSA) is 72.5 Å². The Bertz CT molecular complexity index is 680. The number of hydrogen-bond donors (Lipinski definition) is 1. The lowest BCUT2D eigenvalue weighted by Gasteiger charge is -2.09. The number of esters is 1. The smallest absolute Gasteiger partial charge is 0.396 e. The summed E-state index contributed by atoms with van der Waals surface area (Å²) in [6.45, 7) is 0. The standard InChI is InChI=1S/C16H13NO4/c1-21-16(20)15(19)17-13-10-6-5-9-12(13)14(18)11-7-3-2-4-8-11/h2-10H,1H3,(H,17,19). The Morgan fingerprint density at radius 1 is 0.905 bits per heavy atom. The van der Waals surface area contributed by atoms with Gasteiger partial charge in [0.2, 0.25) is 0 Å². The van der Waals surface area contributed by atoms with E-state index in [0.29, 0.717) is 11.1 Å². The largest absolute Gasteiger partial charge is 0.462 e. The molecule has 0 heterocycles. The lowest BCUT2D eigenvalue weighted by atomic mass is 10.0. The predicted molar refractivity (Wildman–Crippen MR) is 77.0 cm³/mol. The molecule has 2 aromatic carbocycles. The summed E-state index contributed by atoms with van der Waals surface area (Å²) in [4.78, 5) is 35.1. The van der Waals surface area contributed by atoms with Crippen LogP contribution in [0.1, 0.15) is 15.9 Å². The van der Waals surface area contributed by atoms with Gasteiger partial charge in [0, 0.05) is 11.1 Å². The van der Waals surface area contributed by atoms with Crippen LogP contribution < -0.4 is 5.32 Å². The minimum atomic E-state index is -1.02. The molecule has 0 saturated heterocycles. The molecule has 5 heteroatoms. The number of hydrogen-bond acceptors (Lipinski definition) is 4. The number of methoxy groups -OCH3 is 1. The molecule has 0 bridgehead atoms. The second kappa shape index (κ2) is 6.47. The van der Waals surface area contributed by atoms with Crippen LogP contribution in [-0.4, -0.2) is 24.8 Å². The van der Waals surface area contributed by atoms with Crippen molar-refractivity contribution in [2.24, 2.45) is 0 Å². The van der Waals surface area contributed by atoms with E-state index in [1.807, 2.05) is 6.07 Å². The minimum absolute atomic E-state index is 0.239. The van der Waals surface area contributed by atoms with Crippen LogP contribution >= 0.6 is 0 Å². The van der Waals surface area contributed by atoms with Crippen LogP contribution in [0.15, 0.2) is 54.6 Å². The molecule has 21 heavy (non-hydrogen) atoms. The fourth-order valence-electron chi connectivity index (χ4n) is 1.80. The molecule has 0 spiro atoms. The summed E-state index contributed by atoms with van der Waals surface area (Å²) in [7, 11) is 1.11. The normalized spacial score (nSPS) is 9.76. The van der Waals surface area contributed by atoms with Crippen LogP contribution in [0.3, 0.4) is 0 Å². The van der Waals surface area contributed by atoms with E-state index in [2.05, 4.69) is 10.1 Å². The average molecular weight is 283 g/mol. The number of ether oxygens (including phenoxy) is 1. The monoisotopic (exact) mass is 283 g/mol. The van der Waals surface area contributed by atoms with Gasteiger partial charge < -0.3 is 10.1 Å². The molecule has 5 nitrogen and oxygen atoms in total. The highest BCUT2D eigenvalue weighted by atomic mass is 16.5. The fraction of sp³-hybridized carbons (Fsp3) is 0.0625. The summed E-state index contributed by atoms with van der Waals surface area (Å²) < 4.78 is 4.33. The van der Waals surface area contributed by atoms with Crippen LogP contribution in [-0.2, 0) is 14.3 Å². The van der Waals surface area contributed by atoms with Gasteiger partial charge in [-0.15, -0.1) is 0 Å². The summed E-state index contributed by atoms with van der Waals surface area (Å²) >= 11 is 0. The van der Waals surface area contributed by atoms with Crippen molar-refractivity contribution in [3.63, 3.8) is 0 Å². The zero-order chi connectivity index (χ0) is 15.2. The van der Waals surface area contributed by atoms with Gasteiger partial charge in [-0.25, -0.2) is 4.79 Å². The Balaban J connectivity index is 2.31.